The topological polar surface area (TPSA) is 67.3 Å². The Labute approximate surface area is 91.5 Å². The molecule has 4 nitrogen and oxygen atoms in total. The van der Waals surface area contributed by atoms with Crippen LogP contribution in [0.4, 0.5) is 0 Å². The van der Waals surface area contributed by atoms with Gasteiger partial charge in [0.2, 0.25) is 0 Å². The van der Waals surface area contributed by atoms with Gasteiger partial charge in [-0.2, -0.15) is 0 Å². The number of hydrogen-bond acceptors (Lipinski definition) is 3. The molecule has 0 fully saturated rings. The molecule has 4 heteroatoms. The van der Waals surface area contributed by atoms with Crippen LogP contribution < -0.4 is 0 Å². The van der Waals surface area contributed by atoms with Crippen molar-refractivity contribution in [1.82, 2.24) is 4.98 Å². The van der Waals surface area contributed by atoms with Crippen molar-refractivity contribution in [2.75, 3.05) is 0 Å². The zero-order chi connectivity index (χ0) is 11.5. The van der Waals surface area contributed by atoms with Crippen molar-refractivity contribution >= 4 is 22.7 Å². The predicted molar refractivity (Wildman–Crippen MR) is 58.3 cm³/mol. The number of carboxylic acids is 1. The lowest BCUT2D eigenvalue weighted by Crippen LogP contribution is -2.08. The molecular formula is C12H9NO3. The molecule has 0 atom stereocenters. The summed E-state index contributed by atoms with van der Waals surface area (Å²) in [6, 6.07) is 10.7. The molecule has 0 amide bonds. The molecule has 0 saturated carbocycles. The van der Waals surface area contributed by atoms with Gasteiger partial charge in [-0.3, -0.25) is 9.59 Å². The van der Waals surface area contributed by atoms with Crippen molar-refractivity contribution in [3.8, 4) is 0 Å². The average molecular weight is 215 g/mol. The van der Waals surface area contributed by atoms with Crippen LogP contribution in [-0.2, 0) is 4.79 Å². The molecule has 1 aromatic carbocycles. The van der Waals surface area contributed by atoms with E-state index >= 15 is 0 Å². The molecule has 0 spiro atoms. The molecule has 0 saturated heterocycles. The van der Waals surface area contributed by atoms with Crippen LogP contribution in [0.3, 0.4) is 0 Å². The molecule has 1 aromatic heterocycles. The third kappa shape index (κ3) is 2.06. The third-order valence-electron chi connectivity index (χ3n) is 2.20. The number of para-hydroxylation sites is 1. The van der Waals surface area contributed by atoms with E-state index < -0.39 is 18.2 Å². The summed E-state index contributed by atoms with van der Waals surface area (Å²) in [5.74, 6) is -1.61. The molecule has 0 radical (unpaired) electrons. The van der Waals surface area contributed by atoms with E-state index in [4.69, 9.17) is 5.11 Å². The largest absolute Gasteiger partial charge is 0.481 e. The lowest BCUT2D eigenvalue weighted by molar-refractivity contribution is -0.135. The number of benzene rings is 1. The minimum Gasteiger partial charge on any atom is -0.481 e. The number of rotatable bonds is 3. The van der Waals surface area contributed by atoms with E-state index in [1.54, 1.807) is 18.2 Å². The Hall–Kier alpha value is -2.23. The SMILES string of the molecule is O=C(O)CC(=O)c1ccc2ccccc2n1. The fourth-order valence-electron chi connectivity index (χ4n) is 1.45. The summed E-state index contributed by atoms with van der Waals surface area (Å²) in [7, 11) is 0. The van der Waals surface area contributed by atoms with Crippen molar-refractivity contribution in [3.63, 3.8) is 0 Å². The Bertz CT molecular complexity index is 563. The number of aromatic nitrogens is 1. The molecule has 16 heavy (non-hydrogen) atoms. The Morgan fingerprint density at radius 3 is 2.62 bits per heavy atom. The van der Waals surface area contributed by atoms with Gasteiger partial charge in [-0.05, 0) is 12.1 Å². The zero-order valence-corrected chi connectivity index (χ0v) is 8.38. The molecule has 0 aliphatic heterocycles. The van der Waals surface area contributed by atoms with Gasteiger partial charge >= 0.3 is 5.97 Å². The molecule has 0 aliphatic rings. The summed E-state index contributed by atoms with van der Waals surface area (Å²) < 4.78 is 0. The minimum absolute atomic E-state index is 0.195. The Morgan fingerprint density at radius 2 is 1.88 bits per heavy atom. The Balaban J connectivity index is 2.39. The highest BCUT2D eigenvalue weighted by atomic mass is 16.4. The summed E-state index contributed by atoms with van der Waals surface area (Å²) in [4.78, 5) is 26.0. The van der Waals surface area contributed by atoms with Crippen LogP contribution in [0.1, 0.15) is 16.9 Å². The highest BCUT2D eigenvalue weighted by Crippen LogP contribution is 2.12. The summed E-state index contributed by atoms with van der Waals surface area (Å²) in [6.45, 7) is 0. The van der Waals surface area contributed by atoms with Crippen molar-refractivity contribution in [3.05, 3.63) is 42.1 Å². The van der Waals surface area contributed by atoms with Gasteiger partial charge in [0.25, 0.3) is 0 Å². The van der Waals surface area contributed by atoms with Crippen molar-refractivity contribution in [2.45, 2.75) is 6.42 Å². The summed E-state index contributed by atoms with van der Waals surface area (Å²) >= 11 is 0. The highest BCUT2D eigenvalue weighted by molar-refractivity contribution is 6.05. The van der Waals surface area contributed by atoms with Gasteiger partial charge in [0.15, 0.2) is 5.78 Å². The number of pyridine rings is 1. The van der Waals surface area contributed by atoms with Gasteiger partial charge in [-0.25, -0.2) is 4.98 Å². The summed E-state index contributed by atoms with van der Waals surface area (Å²) in [6.07, 6.45) is -0.522. The quantitative estimate of drug-likeness (QED) is 0.627. The van der Waals surface area contributed by atoms with Crippen molar-refractivity contribution in [1.29, 1.82) is 0 Å². The molecule has 2 aromatic rings. The number of carbonyl (C=O) groups excluding carboxylic acids is 1. The number of carboxylic acid groups (broad SMARTS) is 1. The first-order valence-corrected chi connectivity index (χ1v) is 4.77. The smallest absolute Gasteiger partial charge is 0.311 e. The van der Waals surface area contributed by atoms with Crippen LogP contribution in [0.25, 0.3) is 10.9 Å². The lowest BCUT2D eigenvalue weighted by Gasteiger charge is -2.00. The second kappa shape index (κ2) is 4.10. The van der Waals surface area contributed by atoms with E-state index in [-0.39, 0.29) is 5.69 Å². The lowest BCUT2D eigenvalue weighted by atomic mass is 10.1. The maximum absolute atomic E-state index is 11.5. The standard InChI is InChI=1S/C12H9NO3/c14-11(7-12(15)16)10-6-5-8-3-1-2-4-9(8)13-10/h1-6H,7H2,(H,15,16). The molecule has 0 bridgehead atoms. The van der Waals surface area contributed by atoms with E-state index in [2.05, 4.69) is 4.98 Å². The van der Waals surface area contributed by atoms with E-state index in [1.165, 1.54) is 0 Å². The van der Waals surface area contributed by atoms with Crippen LogP contribution in [0.5, 0.6) is 0 Å². The number of ketones is 1. The number of nitrogens with zero attached hydrogens (tertiary/aromatic N) is 1. The fraction of sp³-hybridized carbons (Fsp3) is 0.0833. The number of aliphatic carboxylic acids is 1. The van der Waals surface area contributed by atoms with E-state index in [0.717, 1.165) is 5.39 Å². The number of carbonyl (C=O) groups is 2. The first-order valence-electron chi connectivity index (χ1n) is 4.77. The maximum atomic E-state index is 11.5. The van der Waals surface area contributed by atoms with Crippen LogP contribution in [0.2, 0.25) is 0 Å². The van der Waals surface area contributed by atoms with E-state index in [9.17, 15) is 9.59 Å². The predicted octanol–water partition coefficient (Wildman–Crippen LogP) is 1.89. The summed E-state index contributed by atoms with van der Waals surface area (Å²) in [5.41, 5.74) is 0.889. The Morgan fingerprint density at radius 1 is 1.12 bits per heavy atom. The first kappa shape index (κ1) is 10.3. The van der Waals surface area contributed by atoms with Crippen LogP contribution in [-0.4, -0.2) is 21.8 Å². The molecule has 1 N–H and O–H groups in total. The van der Waals surface area contributed by atoms with Gasteiger partial charge in [-0.1, -0.05) is 24.3 Å². The molecule has 2 rings (SSSR count). The Kier molecular flexibility index (Phi) is 2.64. The molecule has 1 heterocycles. The van der Waals surface area contributed by atoms with Crippen molar-refractivity contribution < 1.29 is 14.7 Å². The second-order valence-corrected chi connectivity index (χ2v) is 3.38. The van der Waals surface area contributed by atoms with E-state index in [0.29, 0.717) is 5.52 Å². The van der Waals surface area contributed by atoms with Crippen LogP contribution in [0.15, 0.2) is 36.4 Å². The van der Waals surface area contributed by atoms with Gasteiger partial charge in [0.1, 0.15) is 12.1 Å². The highest BCUT2D eigenvalue weighted by Gasteiger charge is 2.12. The minimum atomic E-state index is -1.14. The normalized spacial score (nSPS) is 10.2. The molecular weight excluding hydrogens is 206 g/mol. The average Bonchev–Trinajstić information content (AvgIpc) is 2.27. The second-order valence-electron chi connectivity index (χ2n) is 3.38. The fourth-order valence-corrected chi connectivity index (χ4v) is 1.45. The monoisotopic (exact) mass is 215 g/mol. The van der Waals surface area contributed by atoms with Crippen LogP contribution in [0, 0.1) is 0 Å². The molecule has 80 valence electrons. The summed E-state index contributed by atoms with van der Waals surface area (Å²) in [5, 5.41) is 9.44. The van der Waals surface area contributed by atoms with Crippen LogP contribution >= 0.6 is 0 Å². The van der Waals surface area contributed by atoms with Crippen molar-refractivity contribution in [2.24, 2.45) is 0 Å². The van der Waals surface area contributed by atoms with Gasteiger partial charge in [0, 0.05) is 5.39 Å². The van der Waals surface area contributed by atoms with E-state index in [1.807, 2.05) is 18.2 Å². The van der Waals surface area contributed by atoms with Gasteiger partial charge < -0.3 is 5.11 Å². The molecule has 0 aliphatic carbocycles. The van der Waals surface area contributed by atoms with Gasteiger partial charge in [0.05, 0.1) is 5.52 Å². The van der Waals surface area contributed by atoms with Gasteiger partial charge in [-0.15, -0.1) is 0 Å². The third-order valence-corrected chi connectivity index (χ3v) is 2.20. The maximum Gasteiger partial charge on any atom is 0.311 e. The molecule has 0 unspecified atom stereocenters. The zero-order valence-electron chi connectivity index (χ0n) is 8.38. The number of Topliss-reactive ketones (excluding diaryl/α,β-unsaturated/α-hetero) is 1. The first-order chi connectivity index (χ1) is 7.66. The number of fused-ring (bicyclic) bond motifs is 1. The number of hydrogen-bond donors (Lipinski definition) is 1.